The van der Waals surface area contributed by atoms with Crippen molar-refractivity contribution in [3.63, 3.8) is 0 Å². The minimum atomic E-state index is -0.362. The number of nitrogens with zero attached hydrogens (tertiary/aromatic N) is 1. The highest BCUT2D eigenvalue weighted by Gasteiger charge is 2.18. The average Bonchev–Trinajstić information content (AvgIpc) is 3.30. The molecule has 2 N–H and O–H groups in total. The molecule has 0 amide bonds. The number of hydrogen-bond acceptors (Lipinski definition) is 5. The summed E-state index contributed by atoms with van der Waals surface area (Å²) in [5.74, 6) is -0.361. The van der Waals surface area contributed by atoms with Crippen LogP contribution < -0.4 is 5.56 Å². The minimum Gasteiger partial charge on any atom is -0.506 e. The molecule has 1 aromatic carbocycles. The van der Waals surface area contributed by atoms with Gasteiger partial charge < -0.3 is 10.1 Å². The average molecular weight is 394 g/mol. The predicted molar refractivity (Wildman–Crippen MR) is 108 cm³/mol. The number of H-pyrrole nitrogens is 1. The lowest BCUT2D eigenvalue weighted by Gasteiger charge is -2.07. The van der Waals surface area contributed by atoms with Crippen LogP contribution in [0, 0.1) is 5.82 Å². The van der Waals surface area contributed by atoms with Gasteiger partial charge in [-0.1, -0.05) is 6.07 Å². The Labute approximate surface area is 160 Å². The Kier molecular flexibility index (Phi) is 3.60. The van der Waals surface area contributed by atoms with Gasteiger partial charge >= 0.3 is 0 Å². The third kappa shape index (κ3) is 2.63. The molecule has 0 saturated heterocycles. The van der Waals surface area contributed by atoms with Gasteiger partial charge in [0.1, 0.15) is 16.4 Å². The van der Waals surface area contributed by atoms with Gasteiger partial charge in [0.25, 0.3) is 5.56 Å². The number of thiophene rings is 2. The monoisotopic (exact) mass is 394 g/mol. The molecule has 5 aromatic rings. The third-order valence-electron chi connectivity index (χ3n) is 4.34. The van der Waals surface area contributed by atoms with Gasteiger partial charge in [0.05, 0.1) is 15.9 Å². The van der Waals surface area contributed by atoms with E-state index < -0.39 is 0 Å². The Morgan fingerprint density at radius 1 is 1.11 bits per heavy atom. The number of nitrogens with one attached hydrogen (secondary N) is 1. The van der Waals surface area contributed by atoms with E-state index in [1.165, 1.54) is 29.5 Å². The number of aromatic hydroxyl groups is 1. The van der Waals surface area contributed by atoms with E-state index in [2.05, 4.69) is 4.98 Å². The molecule has 4 aromatic heterocycles. The third-order valence-corrected chi connectivity index (χ3v) is 6.35. The smallest absolute Gasteiger partial charge is 0.252 e. The highest BCUT2D eigenvalue weighted by molar-refractivity contribution is 7.26. The Balaban J connectivity index is 1.91. The molecule has 0 saturated carbocycles. The Morgan fingerprint density at radius 2 is 1.93 bits per heavy atom. The lowest BCUT2D eigenvalue weighted by molar-refractivity contribution is 0.481. The number of fused-ring (bicyclic) bond motifs is 3. The molecule has 132 valence electrons. The van der Waals surface area contributed by atoms with Crippen molar-refractivity contribution in [2.75, 3.05) is 0 Å². The second kappa shape index (κ2) is 6.00. The van der Waals surface area contributed by atoms with Crippen LogP contribution in [0.1, 0.15) is 0 Å². The van der Waals surface area contributed by atoms with Crippen molar-refractivity contribution in [3.8, 4) is 27.4 Å². The molecule has 5 rings (SSSR count). The van der Waals surface area contributed by atoms with Crippen LogP contribution in [0.25, 0.3) is 42.1 Å². The number of hydrogen-bond donors (Lipinski definition) is 2. The number of rotatable bonds is 2. The molecule has 0 fully saturated rings. The highest BCUT2D eigenvalue weighted by atomic mass is 32.1. The van der Waals surface area contributed by atoms with E-state index in [0.29, 0.717) is 20.7 Å². The van der Waals surface area contributed by atoms with Crippen LogP contribution in [0.5, 0.6) is 5.75 Å². The molecule has 0 atom stereocenters. The first-order valence-corrected chi connectivity index (χ1v) is 9.79. The van der Waals surface area contributed by atoms with E-state index in [-0.39, 0.29) is 17.1 Å². The van der Waals surface area contributed by atoms with Crippen molar-refractivity contribution in [2.24, 2.45) is 0 Å². The van der Waals surface area contributed by atoms with Gasteiger partial charge in [0, 0.05) is 27.5 Å². The maximum absolute atomic E-state index is 13.3. The maximum Gasteiger partial charge on any atom is 0.252 e. The topological polar surface area (TPSA) is 66.0 Å². The van der Waals surface area contributed by atoms with Crippen LogP contribution in [0.2, 0.25) is 0 Å². The molecule has 0 aliphatic carbocycles. The summed E-state index contributed by atoms with van der Waals surface area (Å²) in [6.45, 7) is 0. The summed E-state index contributed by atoms with van der Waals surface area (Å²) >= 11 is 2.90. The summed E-state index contributed by atoms with van der Waals surface area (Å²) < 4.78 is 13.9. The van der Waals surface area contributed by atoms with E-state index in [9.17, 15) is 14.3 Å². The van der Waals surface area contributed by atoms with Crippen LogP contribution in [-0.4, -0.2) is 15.1 Å². The summed E-state index contributed by atoms with van der Waals surface area (Å²) in [5, 5.41) is 13.0. The van der Waals surface area contributed by atoms with Gasteiger partial charge in [0.15, 0.2) is 0 Å². The molecule has 7 heteroatoms. The van der Waals surface area contributed by atoms with Crippen LogP contribution in [0.3, 0.4) is 0 Å². The molecule has 0 aliphatic heterocycles. The fourth-order valence-corrected chi connectivity index (χ4v) is 4.96. The number of aromatic nitrogens is 2. The van der Waals surface area contributed by atoms with E-state index in [0.717, 1.165) is 21.4 Å². The lowest BCUT2D eigenvalue weighted by Crippen LogP contribution is -2.02. The van der Waals surface area contributed by atoms with Crippen LogP contribution in [0.15, 0.2) is 58.7 Å². The fraction of sp³-hybridized carbons (Fsp3) is 0. The number of halogens is 1. The molecule has 4 nitrogen and oxygen atoms in total. The van der Waals surface area contributed by atoms with Gasteiger partial charge in [-0.15, -0.1) is 22.7 Å². The van der Waals surface area contributed by atoms with E-state index >= 15 is 0 Å². The Morgan fingerprint density at radius 3 is 2.67 bits per heavy atom. The van der Waals surface area contributed by atoms with Crippen molar-refractivity contribution in [1.82, 2.24) is 9.97 Å². The highest BCUT2D eigenvalue weighted by Crippen LogP contribution is 2.43. The number of benzene rings is 1. The minimum absolute atomic E-state index is 0.0581. The Hall–Kier alpha value is -3.03. The maximum atomic E-state index is 13.3. The van der Waals surface area contributed by atoms with E-state index in [1.54, 1.807) is 23.5 Å². The zero-order chi connectivity index (χ0) is 18.5. The molecule has 4 heterocycles. The van der Waals surface area contributed by atoms with Gasteiger partial charge in [-0.2, -0.15) is 0 Å². The van der Waals surface area contributed by atoms with Crippen LogP contribution in [-0.2, 0) is 0 Å². The quantitative estimate of drug-likeness (QED) is 0.423. The predicted octanol–water partition coefficient (Wildman–Crippen LogP) is 5.38. The molecule has 0 bridgehead atoms. The van der Waals surface area contributed by atoms with Crippen molar-refractivity contribution in [1.29, 1.82) is 0 Å². The molecule has 0 unspecified atom stereocenters. The van der Waals surface area contributed by atoms with E-state index in [1.807, 2.05) is 23.6 Å². The summed E-state index contributed by atoms with van der Waals surface area (Å²) in [4.78, 5) is 21.2. The summed E-state index contributed by atoms with van der Waals surface area (Å²) in [7, 11) is 0. The summed E-state index contributed by atoms with van der Waals surface area (Å²) in [6, 6.07) is 13.2. The largest absolute Gasteiger partial charge is 0.506 e. The van der Waals surface area contributed by atoms with Gasteiger partial charge in [-0.3, -0.25) is 4.79 Å². The van der Waals surface area contributed by atoms with Crippen molar-refractivity contribution in [3.05, 3.63) is 70.1 Å². The van der Waals surface area contributed by atoms with Crippen molar-refractivity contribution >= 4 is 43.1 Å². The van der Waals surface area contributed by atoms with Gasteiger partial charge in [0.2, 0.25) is 0 Å². The molecule has 0 radical (unpaired) electrons. The van der Waals surface area contributed by atoms with Crippen molar-refractivity contribution < 1.29 is 9.50 Å². The Bertz CT molecular complexity index is 1350. The first-order valence-electron chi connectivity index (χ1n) is 8.09. The van der Waals surface area contributed by atoms with Gasteiger partial charge in [-0.25, -0.2) is 9.37 Å². The summed E-state index contributed by atoms with van der Waals surface area (Å²) in [5.41, 5.74) is 2.65. The van der Waals surface area contributed by atoms with Crippen LogP contribution in [0.4, 0.5) is 4.39 Å². The molecular weight excluding hydrogens is 383 g/mol. The number of aromatic amines is 1. The number of pyridine rings is 2. The molecule has 27 heavy (non-hydrogen) atoms. The molecule has 0 aliphatic rings. The zero-order valence-corrected chi connectivity index (χ0v) is 15.3. The standard InChI is InChI=1S/C20H11FN2O2S2/c21-11-5-3-10(4-6-11)13-8-12(15-2-1-7-26-15)17-18-19(27-20(17)22-13)14(24)9-16(25)23-18/h1-9H,(H2,23,24,25). The second-order valence-electron chi connectivity index (χ2n) is 6.04. The zero-order valence-electron chi connectivity index (χ0n) is 13.7. The molecular formula is C20H11FN2O2S2. The SMILES string of the molecule is O=c1cc(O)c2sc3nc(-c4ccc(F)cc4)cc(-c4cccs4)c3c2[nH]1. The normalized spacial score (nSPS) is 11.4. The fourth-order valence-electron chi connectivity index (χ4n) is 3.14. The first-order chi connectivity index (χ1) is 13.1. The van der Waals surface area contributed by atoms with Crippen LogP contribution >= 0.6 is 22.7 Å². The van der Waals surface area contributed by atoms with Crippen molar-refractivity contribution in [2.45, 2.75) is 0 Å². The second-order valence-corrected chi connectivity index (χ2v) is 7.99. The first kappa shape index (κ1) is 16.2. The summed E-state index contributed by atoms with van der Waals surface area (Å²) in [6.07, 6.45) is 0. The van der Waals surface area contributed by atoms with Gasteiger partial charge in [-0.05, 0) is 41.8 Å². The lowest BCUT2D eigenvalue weighted by atomic mass is 10.0. The van der Waals surface area contributed by atoms with E-state index in [4.69, 9.17) is 4.98 Å². The molecule has 0 spiro atoms.